The van der Waals surface area contributed by atoms with Crippen LogP contribution in [0, 0.1) is 5.92 Å². The molecule has 0 aliphatic heterocycles. The smallest absolute Gasteiger partial charge is 0.0633 e. The minimum absolute atomic E-state index is 0.341. The molecule has 0 saturated heterocycles. The number of hydrazine groups is 1. The van der Waals surface area contributed by atoms with Crippen LogP contribution in [0.1, 0.15) is 58.3 Å². The second kappa shape index (κ2) is 8.97. The summed E-state index contributed by atoms with van der Waals surface area (Å²) in [7, 11) is 0. The van der Waals surface area contributed by atoms with Crippen molar-refractivity contribution in [3.05, 3.63) is 0 Å². The summed E-state index contributed by atoms with van der Waals surface area (Å²) in [6.07, 6.45) is 10.7. The predicted octanol–water partition coefficient (Wildman–Crippen LogP) is 2.61. The van der Waals surface area contributed by atoms with Gasteiger partial charge in [0.25, 0.3) is 0 Å². The van der Waals surface area contributed by atoms with Crippen molar-refractivity contribution in [1.29, 1.82) is 0 Å². The molecule has 96 valence electrons. The van der Waals surface area contributed by atoms with Gasteiger partial charge in [0.05, 0.1) is 6.61 Å². The van der Waals surface area contributed by atoms with E-state index >= 15 is 0 Å². The van der Waals surface area contributed by atoms with Crippen LogP contribution in [0.5, 0.6) is 0 Å². The highest BCUT2D eigenvalue weighted by molar-refractivity contribution is 4.70. The Balaban J connectivity index is 2.07. The second-order valence-electron chi connectivity index (χ2n) is 5.02. The quantitative estimate of drug-likeness (QED) is 0.381. The van der Waals surface area contributed by atoms with Crippen LogP contribution < -0.4 is 11.3 Å². The number of hydrogen-bond donors (Lipinski definition) is 2. The Hall–Kier alpha value is -0.120. The molecule has 3 heteroatoms. The van der Waals surface area contributed by atoms with Crippen molar-refractivity contribution in [2.24, 2.45) is 11.8 Å². The van der Waals surface area contributed by atoms with Crippen molar-refractivity contribution in [3.8, 4) is 0 Å². The normalized spacial score (nSPS) is 19.9. The lowest BCUT2D eigenvalue weighted by Crippen LogP contribution is -2.39. The molecule has 1 rings (SSSR count). The molecule has 0 aromatic carbocycles. The van der Waals surface area contributed by atoms with Gasteiger partial charge in [-0.2, -0.15) is 0 Å². The molecule has 0 amide bonds. The van der Waals surface area contributed by atoms with Crippen molar-refractivity contribution >= 4 is 0 Å². The summed E-state index contributed by atoms with van der Waals surface area (Å²) in [4.78, 5) is 0. The van der Waals surface area contributed by atoms with Gasteiger partial charge in [-0.25, -0.2) is 0 Å². The molecular weight excluding hydrogens is 200 g/mol. The first-order valence-electron chi connectivity index (χ1n) is 6.90. The van der Waals surface area contributed by atoms with Crippen LogP contribution in [0.4, 0.5) is 0 Å². The number of rotatable bonds is 8. The maximum atomic E-state index is 5.54. The molecule has 0 bridgehead atoms. The van der Waals surface area contributed by atoms with E-state index in [1.54, 1.807) is 0 Å². The van der Waals surface area contributed by atoms with E-state index in [1.807, 2.05) is 0 Å². The Morgan fingerprint density at radius 3 is 2.69 bits per heavy atom. The standard InChI is InChI=1S/C13H28N2O/c1-2-10-16-11-13(15-14)9-8-12-6-4-3-5-7-12/h12-13,15H,2-11,14H2,1H3. The third-order valence-electron chi connectivity index (χ3n) is 3.55. The Labute approximate surface area is 100 Å². The molecule has 1 fully saturated rings. The average Bonchev–Trinajstić information content (AvgIpc) is 2.35. The molecule has 1 aliphatic rings. The minimum Gasteiger partial charge on any atom is -0.380 e. The molecule has 0 aromatic heterocycles. The van der Waals surface area contributed by atoms with Crippen molar-refractivity contribution in [3.63, 3.8) is 0 Å². The maximum absolute atomic E-state index is 5.54. The molecule has 0 radical (unpaired) electrons. The van der Waals surface area contributed by atoms with Crippen LogP contribution in [-0.2, 0) is 4.74 Å². The van der Waals surface area contributed by atoms with Crippen LogP contribution in [0.3, 0.4) is 0 Å². The number of hydrogen-bond acceptors (Lipinski definition) is 3. The lowest BCUT2D eigenvalue weighted by Gasteiger charge is -2.24. The summed E-state index contributed by atoms with van der Waals surface area (Å²) in [5, 5.41) is 0. The van der Waals surface area contributed by atoms with Gasteiger partial charge in [-0.15, -0.1) is 0 Å². The summed E-state index contributed by atoms with van der Waals surface area (Å²) in [5.41, 5.74) is 2.88. The van der Waals surface area contributed by atoms with Crippen LogP contribution >= 0.6 is 0 Å². The maximum Gasteiger partial charge on any atom is 0.0633 e. The Bertz CT molecular complexity index is 158. The lowest BCUT2D eigenvalue weighted by molar-refractivity contribution is 0.106. The third-order valence-corrected chi connectivity index (χ3v) is 3.55. The minimum atomic E-state index is 0.341. The van der Waals surface area contributed by atoms with Gasteiger partial charge in [-0.05, 0) is 25.2 Å². The average molecular weight is 228 g/mol. The molecule has 16 heavy (non-hydrogen) atoms. The Morgan fingerprint density at radius 1 is 1.31 bits per heavy atom. The Morgan fingerprint density at radius 2 is 2.06 bits per heavy atom. The van der Waals surface area contributed by atoms with Crippen molar-refractivity contribution in [2.45, 2.75) is 64.3 Å². The van der Waals surface area contributed by atoms with Gasteiger partial charge in [0.15, 0.2) is 0 Å². The zero-order chi connectivity index (χ0) is 11.6. The first-order valence-corrected chi connectivity index (χ1v) is 6.90. The van der Waals surface area contributed by atoms with Gasteiger partial charge in [0, 0.05) is 12.6 Å². The fraction of sp³-hybridized carbons (Fsp3) is 1.00. The molecule has 1 aliphatic carbocycles. The van der Waals surface area contributed by atoms with Gasteiger partial charge in [0.1, 0.15) is 0 Å². The van der Waals surface area contributed by atoms with Crippen LogP contribution in [0.25, 0.3) is 0 Å². The van der Waals surface area contributed by atoms with Crippen molar-refractivity contribution in [2.75, 3.05) is 13.2 Å². The second-order valence-corrected chi connectivity index (χ2v) is 5.02. The molecule has 0 aromatic rings. The number of nitrogens with one attached hydrogen (secondary N) is 1. The van der Waals surface area contributed by atoms with Gasteiger partial charge in [0.2, 0.25) is 0 Å². The first-order chi connectivity index (χ1) is 7.86. The van der Waals surface area contributed by atoms with Gasteiger partial charge in [-0.1, -0.05) is 39.0 Å². The molecule has 3 N–H and O–H groups in total. The molecular formula is C13H28N2O. The zero-order valence-corrected chi connectivity index (χ0v) is 10.7. The summed E-state index contributed by atoms with van der Waals surface area (Å²) in [6.45, 7) is 3.74. The van der Waals surface area contributed by atoms with Gasteiger partial charge in [-0.3, -0.25) is 11.3 Å². The van der Waals surface area contributed by atoms with Crippen LogP contribution in [-0.4, -0.2) is 19.3 Å². The van der Waals surface area contributed by atoms with E-state index < -0.39 is 0 Å². The molecule has 1 saturated carbocycles. The van der Waals surface area contributed by atoms with E-state index in [0.29, 0.717) is 6.04 Å². The summed E-state index contributed by atoms with van der Waals surface area (Å²) < 4.78 is 5.53. The topological polar surface area (TPSA) is 47.3 Å². The third kappa shape index (κ3) is 5.83. The highest BCUT2D eigenvalue weighted by atomic mass is 16.5. The SMILES string of the molecule is CCCOCC(CCC1CCCCC1)NN. The van der Waals surface area contributed by atoms with E-state index in [2.05, 4.69) is 12.3 Å². The predicted molar refractivity (Wildman–Crippen MR) is 68.0 cm³/mol. The van der Waals surface area contributed by atoms with E-state index in [9.17, 15) is 0 Å². The molecule has 0 heterocycles. The number of nitrogens with two attached hydrogens (primary N) is 1. The van der Waals surface area contributed by atoms with Gasteiger partial charge >= 0.3 is 0 Å². The van der Waals surface area contributed by atoms with Crippen LogP contribution in [0.15, 0.2) is 0 Å². The largest absolute Gasteiger partial charge is 0.380 e. The van der Waals surface area contributed by atoms with E-state index in [1.165, 1.54) is 38.5 Å². The van der Waals surface area contributed by atoms with Crippen LogP contribution in [0.2, 0.25) is 0 Å². The number of ether oxygens (including phenoxy) is 1. The highest BCUT2D eigenvalue weighted by Gasteiger charge is 2.15. The molecule has 3 nitrogen and oxygen atoms in total. The highest BCUT2D eigenvalue weighted by Crippen LogP contribution is 2.27. The lowest BCUT2D eigenvalue weighted by atomic mass is 9.85. The van der Waals surface area contributed by atoms with E-state index in [4.69, 9.17) is 10.6 Å². The molecule has 1 atom stereocenters. The summed E-state index contributed by atoms with van der Waals surface area (Å²) in [5.74, 6) is 6.48. The van der Waals surface area contributed by atoms with Crippen molar-refractivity contribution < 1.29 is 4.74 Å². The first kappa shape index (κ1) is 13.9. The zero-order valence-electron chi connectivity index (χ0n) is 10.7. The molecule has 1 unspecified atom stereocenters. The van der Waals surface area contributed by atoms with E-state index in [-0.39, 0.29) is 0 Å². The Kier molecular flexibility index (Phi) is 7.81. The summed E-state index contributed by atoms with van der Waals surface area (Å²) in [6, 6.07) is 0.341. The fourth-order valence-electron chi connectivity index (χ4n) is 2.50. The van der Waals surface area contributed by atoms with Crippen molar-refractivity contribution in [1.82, 2.24) is 5.43 Å². The fourth-order valence-corrected chi connectivity index (χ4v) is 2.50. The molecule has 0 spiro atoms. The van der Waals surface area contributed by atoms with E-state index in [0.717, 1.165) is 32.0 Å². The monoisotopic (exact) mass is 228 g/mol. The summed E-state index contributed by atoms with van der Waals surface area (Å²) >= 11 is 0. The van der Waals surface area contributed by atoms with Gasteiger partial charge < -0.3 is 4.74 Å².